The van der Waals surface area contributed by atoms with E-state index in [9.17, 15) is 14.7 Å². The molecule has 0 aliphatic rings. The fourth-order valence-electron chi connectivity index (χ4n) is 2.63. The molecule has 0 radical (unpaired) electrons. The number of carbonyl (C=O) groups is 1. The molecule has 2 aromatic carbocycles. The predicted molar refractivity (Wildman–Crippen MR) is 94.2 cm³/mol. The predicted octanol–water partition coefficient (Wildman–Crippen LogP) is 3.00. The molecule has 1 aromatic heterocycles. The number of aromatic hydroxyl groups is 1. The van der Waals surface area contributed by atoms with Gasteiger partial charge in [-0.2, -0.15) is 0 Å². The largest absolute Gasteiger partial charge is 0.508 e. The molecule has 0 spiro atoms. The number of anilines is 1. The van der Waals surface area contributed by atoms with Crippen LogP contribution in [0.5, 0.6) is 11.5 Å². The zero-order valence-electron chi connectivity index (χ0n) is 13.8. The molecule has 0 unspecified atom stereocenters. The van der Waals surface area contributed by atoms with Crippen molar-refractivity contribution in [1.82, 2.24) is 0 Å². The first-order valence-electron chi connectivity index (χ1n) is 7.67. The number of carbonyl (C=O) groups excluding carboxylic acids is 1. The summed E-state index contributed by atoms with van der Waals surface area (Å²) in [6.45, 7) is 1.76. The second kappa shape index (κ2) is 6.68. The van der Waals surface area contributed by atoms with Gasteiger partial charge in [0.1, 0.15) is 17.1 Å². The summed E-state index contributed by atoms with van der Waals surface area (Å²) in [7, 11) is 1.56. The SMILES string of the molecule is COc1ccc(NC(=O)Cc2c(C)c3ccc(O)cc3oc2=O)cc1. The molecule has 6 heteroatoms. The summed E-state index contributed by atoms with van der Waals surface area (Å²) in [6.07, 6.45) is -0.100. The average Bonchev–Trinajstić information content (AvgIpc) is 2.59. The van der Waals surface area contributed by atoms with E-state index < -0.39 is 5.63 Å². The molecule has 6 nitrogen and oxygen atoms in total. The second-order valence-electron chi connectivity index (χ2n) is 5.63. The van der Waals surface area contributed by atoms with Crippen LogP contribution in [-0.4, -0.2) is 18.1 Å². The normalized spacial score (nSPS) is 10.6. The molecular weight excluding hydrogens is 322 g/mol. The maximum atomic E-state index is 12.3. The average molecular weight is 339 g/mol. The molecule has 0 aliphatic heterocycles. The van der Waals surface area contributed by atoms with Crippen molar-refractivity contribution in [3.8, 4) is 11.5 Å². The van der Waals surface area contributed by atoms with Crippen LogP contribution >= 0.6 is 0 Å². The number of nitrogens with one attached hydrogen (secondary N) is 1. The Hall–Kier alpha value is -3.28. The molecule has 1 heterocycles. The van der Waals surface area contributed by atoms with Crippen molar-refractivity contribution >= 4 is 22.6 Å². The van der Waals surface area contributed by atoms with Crippen molar-refractivity contribution < 1.29 is 19.1 Å². The number of methoxy groups -OCH3 is 1. The molecule has 3 rings (SSSR count). The Bertz CT molecular complexity index is 989. The van der Waals surface area contributed by atoms with Crippen LogP contribution in [0.15, 0.2) is 51.7 Å². The van der Waals surface area contributed by atoms with Gasteiger partial charge in [0.25, 0.3) is 0 Å². The number of rotatable bonds is 4. The Kier molecular flexibility index (Phi) is 4.43. The lowest BCUT2D eigenvalue weighted by atomic mass is 10.0. The summed E-state index contributed by atoms with van der Waals surface area (Å²) in [5.41, 5.74) is 1.28. The number of phenols is 1. The van der Waals surface area contributed by atoms with Gasteiger partial charge in [-0.25, -0.2) is 4.79 Å². The van der Waals surface area contributed by atoms with E-state index in [2.05, 4.69) is 5.32 Å². The Morgan fingerprint density at radius 2 is 1.92 bits per heavy atom. The zero-order valence-corrected chi connectivity index (χ0v) is 13.8. The fraction of sp³-hybridized carbons (Fsp3) is 0.158. The van der Waals surface area contributed by atoms with Crippen LogP contribution < -0.4 is 15.7 Å². The number of amides is 1. The summed E-state index contributed by atoms with van der Waals surface area (Å²) in [4.78, 5) is 24.5. The number of hydrogen-bond acceptors (Lipinski definition) is 5. The molecule has 128 valence electrons. The lowest BCUT2D eigenvalue weighted by Crippen LogP contribution is -2.20. The molecular formula is C19H17NO5. The molecule has 0 saturated carbocycles. The second-order valence-corrected chi connectivity index (χ2v) is 5.63. The van der Waals surface area contributed by atoms with E-state index in [1.54, 1.807) is 44.4 Å². The van der Waals surface area contributed by atoms with Crippen LogP contribution in [0.1, 0.15) is 11.1 Å². The number of ether oxygens (including phenoxy) is 1. The van der Waals surface area contributed by atoms with Gasteiger partial charge in [0.05, 0.1) is 19.1 Å². The topological polar surface area (TPSA) is 88.8 Å². The van der Waals surface area contributed by atoms with Gasteiger partial charge in [-0.1, -0.05) is 0 Å². The van der Waals surface area contributed by atoms with Crippen molar-refractivity contribution in [2.45, 2.75) is 13.3 Å². The minimum atomic E-state index is -0.583. The zero-order chi connectivity index (χ0) is 18.0. The van der Waals surface area contributed by atoms with E-state index in [1.807, 2.05) is 0 Å². The van der Waals surface area contributed by atoms with E-state index in [4.69, 9.17) is 9.15 Å². The summed E-state index contributed by atoms with van der Waals surface area (Å²) < 4.78 is 10.3. The maximum Gasteiger partial charge on any atom is 0.340 e. The first-order valence-corrected chi connectivity index (χ1v) is 7.67. The van der Waals surface area contributed by atoms with Gasteiger partial charge in [-0.3, -0.25) is 4.79 Å². The van der Waals surface area contributed by atoms with Gasteiger partial charge in [0.15, 0.2) is 0 Å². The van der Waals surface area contributed by atoms with E-state index in [-0.39, 0.29) is 18.1 Å². The Morgan fingerprint density at radius 3 is 2.60 bits per heavy atom. The van der Waals surface area contributed by atoms with Crippen molar-refractivity contribution in [2.24, 2.45) is 0 Å². The lowest BCUT2D eigenvalue weighted by Gasteiger charge is -2.09. The van der Waals surface area contributed by atoms with Gasteiger partial charge >= 0.3 is 5.63 Å². The maximum absolute atomic E-state index is 12.3. The van der Waals surface area contributed by atoms with Crippen LogP contribution in [0.2, 0.25) is 0 Å². The highest BCUT2D eigenvalue weighted by atomic mass is 16.5. The lowest BCUT2D eigenvalue weighted by molar-refractivity contribution is -0.115. The van der Waals surface area contributed by atoms with Gasteiger partial charge in [-0.15, -0.1) is 0 Å². The fourth-order valence-corrected chi connectivity index (χ4v) is 2.63. The van der Waals surface area contributed by atoms with E-state index in [0.29, 0.717) is 33.5 Å². The van der Waals surface area contributed by atoms with Crippen molar-refractivity contribution in [1.29, 1.82) is 0 Å². The minimum Gasteiger partial charge on any atom is -0.508 e. The van der Waals surface area contributed by atoms with Crippen LogP contribution in [0.25, 0.3) is 11.0 Å². The van der Waals surface area contributed by atoms with E-state index in [0.717, 1.165) is 0 Å². The Balaban J connectivity index is 1.85. The number of aryl methyl sites for hydroxylation is 1. The molecule has 1 amide bonds. The summed E-state index contributed by atoms with van der Waals surface area (Å²) in [6, 6.07) is 11.5. The highest BCUT2D eigenvalue weighted by molar-refractivity contribution is 5.93. The standard InChI is InChI=1S/C19H17NO5/c1-11-15-8-5-13(21)9-17(15)25-19(23)16(11)10-18(22)20-12-3-6-14(24-2)7-4-12/h3-9,21H,10H2,1-2H3,(H,20,22). The molecule has 2 N–H and O–H groups in total. The third-order valence-corrected chi connectivity index (χ3v) is 3.98. The highest BCUT2D eigenvalue weighted by Gasteiger charge is 2.15. The smallest absolute Gasteiger partial charge is 0.340 e. The Labute approximate surface area is 143 Å². The van der Waals surface area contributed by atoms with Crippen LogP contribution in [-0.2, 0) is 11.2 Å². The van der Waals surface area contributed by atoms with Crippen molar-refractivity contribution in [3.63, 3.8) is 0 Å². The summed E-state index contributed by atoms with van der Waals surface area (Å²) in [5, 5.41) is 12.9. The molecule has 25 heavy (non-hydrogen) atoms. The molecule has 3 aromatic rings. The van der Waals surface area contributed by atoms with Crippen molar-refractivity contribution in [3.05, 3.63) is 64.0 Å². The summed E-state index contributed by atoms with van der Waals surface area (Å²) in [5.74, 6) is 0.381. The van der Waals surface area contributed by atoms with Crippen LogP contribution in [0.4, 0.5) is 5.69 Å². The molecule has 0 aliphatic carbocycles. The van der Waals surface area contributed by atoms with E-state index >= 15 is 0 Å². The Morgan fingerprint density at radius 1 is 1.20 bits per heavy atom. The van der Waals surface area contributed by atoms with Gasteiger partial charge in [0.2, 0.25) is 5.91 Å². The number of phenolic OH excluding ortho intramolecular Hbond substituents is 1. The van der Waals surface area contributed by atoms with Crippen molar-refractivity contribution in [2.75, 3.05) is 12.4 Å². The third-order valence-electron chi connectivity index (χ3n) is 3.98. The summed E-state index contributed by atoms with van der Waals surface area (Å²) >= 11 is 0. The van der Waals surface area contributed by atoms with Crippen LogP contribution in [0, 0.1) is 6.92 Å². The molecule has 0 fully saturated rings. The first-order chi connectivity index (χ1) is 12.0. The monoisotopic (exact) mass is 339 g/mol. The minimum absolute atomic E-state index is 0.0139. The molecule has 0 atom stereocenters. The highest BCUT2D eigenvalue weighted by Crippen LogP contribution is 2.23. The third kappa shape index (κ3) is 3.47. The van der Waals surface area contributed by atoms with Crippen LogP contribution in [0.3, 0.4) is 0 Å². The first kappa shape index (κ1) is 16.6. The quantitative estimate of drug-likeness (QED) is 0.713. The van der Waals surface area contributed by atoms with Gasteiger partial charge < -0.3 is 19.6 Å². The number of benzene rings is 2. The van der Waals surface area contributed by atoms with Gasteiger partial charge in [0, 0.05) is 17.1 Å². The molecule has 0 saturated heterocycles. The number of hydrogen-bond donors (Lipinski definition) is 2. The van der Waals surface area contributed by atoms with Gasteiger partial charge in [-0.05, 0) is 48.9 Å². The molecule has 0 bridgehead atoms. The number of fused-ring (bicyclic) bond motifs is 1. The van der Waals surface area contributed by atoms with E-state index in [1.165, 1.54) is 12.1 Å².